The second-order valence-corrected chi connectivity index (χ2v) is 5.84. The molecule has 0 spiro atoms. The van der Waals surface area contributed by atoms with Crippen LogP contribution in [0.2, 0.25) is 0 Å². The maximum atomic E-state index is 12.5. The number of anilines is 1. The van der Waals surface area contributed by atoms with Crippen molar-refractivity contribution in [2.24, 2.45) is 0 Å². The lowest BCUT2D eigenvalue weighted by atomic mass is 9.98. The third-order valence-corrected chi connectivity index (χ3v) is 4.40. The fraction of sp³-hybridized carbons (Fsp3) is 0.188. The summed E-state index contributed by atoms with van der Waals surface area (Å²) in [5, 5.41) is 0. The number of carbonyl (C=O) groups is 1. The van der Waals surface area contributed by atoms with Crippen LogP contribution in [0.3, 0.4) is 0 Å². The fourth-order valence-electron chi connectivity index (χ4n) is 2.52. The summed E-state index contributed by atoms with van der Waals surface area (Å²) in [5.41, 5.74) is 9.37. The minimum Gasteiger partial charge on any atom is -0.399 e. The SMILES string of the molecule is Nc1ccc2c(c1)C(=O)N(Cc1ccccc1Br)CC2. The molecule has 102 valence electrons. The Morgan fingerprint density at radius 1 is 1.20 bits per heavy atom. The fourth-order valence-corrected chi connectivity index (χ4v) is 2.93. The summed E-state index contributed by atoms with van der Waals surface area (Å²) >= 11 is 3.53. The number of benzene rings is 2. The summed E-state index contributed by atoms with van der Waals surface area (Å²) in [5.74, 6) is 0.0642. The van der Waals surface area contributed by atoms with Crippen molar-refractivity contribution in [1.82, 2.24) is 4.90 Å². The second kappa shape index (κ2) is 5.29. The molecule has 0 bridgehead atoms. The lowest BCUT2D eigenvalue weighted by Crippen LogP contribution is -2.37. The Balaban J connectivity index is 1.87. The molecule has 4 heteroatoms. The monoisotopic (exact) mass is 330 g/mol. The van der Waals surface area contributed by atoms with Crippen molar-refractivity contribution < 1.29 is 4.79 Å². The van der Waals surface area contributed by atoms with Gasteiger partial charge in [0, 0.05) is 28.8 Å². The minimum absolute atomic E-state index is 0.0642. The highest BCUT2D eigenvalue weighted by Crippen LogP contribution is 2.24. The third-order valence-electron chi connectivity index (χ3n) is 3.62. The number of carbonyl (C=O) groups excluding carboxylic acids is 1. The number of hydrogen-bond acceptors (Lipinski definition) is 2. The van der Waals surface area contributed by atoms with E-state index in [-0.39, 0.29) is 5.91 Å². The number of nitrogen functional groups attached to an aromatic ring is 1. The minimum atomic E-state index is 0.0642. The lowest BCUT2D eigenvalue weighted by Gasteiger charge is -2.29. The van der Waals surface area contributed by atoms with E-state index in [1.54, 1.807) is 6.07 Å². The second-order valence-electron chi connectivity index (χ2n) is 4.98. The highest BCUT2D eigenvalue weighted by Gasteiger charge is 2.24. The van der Waals surface area contributed by atoms with Crippen LogP contribution in [0, 0.1) is 0 Å². The first kappa shape index (κ1) is 13.2. The number of halogens is 1. The molecule has 1 aliphatic rings. The van der Waals surface area contributed by atoms with Gasteiger partial charge in [-0.2, -0.15) is 0 Å². The number of nitrogens with two attached hydrogens (primary N) is 1. The van der Waals surface area contributed by atoms with Gasteiger partial charge in [0.15, 0.2) is 0 Å². The molecular formula is C16H15BrN2O. The average Bonchev–Trinajstić information content (AvgIpc) is 2.45. The molecule has 0 saturated carbocycles. The van der Waals surface area contributed by atoms with Gasteiger partial charge >= 0.3 is 0 Å². The zero-order valence-corrected chi connectivity index (χ0v) is 12.6. The van der Waals surface area contributed by atoms with E-state index in [4.69, 9.17) is 5.73 Å². The summed E-state index contributed by atoms with van der Waals surface area (Å²) in [7, 11) is 0. The highest BCUT2D eigenvalue weighted by atomic mass is 79.9. The Bertz CT molecular complexity index is 669. The van der Waals surface area contributed by atoms with Gasteiger partial charge in [0.2, 0.25) is 0 Å². The Kier molecular flexibility index (Phi) is 3.49. The van der Waals surface area contributed by atoms with Crippen LogP contribution in [0.25, 0.3) is 0 Å². The molecule has 2 aromatic rings. The Labute approximate surface area is 126 Å². The Morgan fingerprint density at radius 3 is 2.80 bits per heavy atom. The maximum Gasteiger partial charge on any atom is 0.254 e. The number of rotatable bonds is 2. The van der Waals surface area contributed by atoms with E-state index in [0.717, 1.165) is 34.1 Å². The van der Waals surface area contributed by atoms with Crippen LogP contribution in [-0.2, 0) is 13.0 Å². The van der Waals surface area contributed by atoms with Crippen LogP contribution in [0.1, 0.15) is 21.5 Å². The van der Waals surface area contributed by atoms with Gasteiger partial charge in [-0.3, -0.25) is 4.79 Å². The summed E-state index contributed by atoms with van der Waals surface area (Å²) in [4.78, 5) is 14.4. The van der Waals surface area contributed by atoms with Gasteiger partial charge < -0.3 is 10.6 Å². The van der Waals surface area contributed by atoms with E-state index in [2.05, 4.69) is 15.9 Å². The number of amides is 1. The van der Waals surface area contributed by atoms with E-state index >= 15 is 0 Å². The van der Waals surface area contributed by atoms with Crippen molar-refractivity contribution in [2.75, 3.05) is 12.3 Å². The Morgan fingerprint density at radius 2 is 2.00 bits per heavy atom. The molecule has 0 aliphatic carbocycles. The molecular weight excluding hydrogens is 316 g/mol. The van der Waals surface area contributed by atoms with Crippen molar-refractivity contribution in [1.29, 1.82) is 0 Å². The molecule has 20 heavy (non-hydrogen) atoms. The molecule has 0 atom stereocenters. The van der Waals surface area contributed by atoms with Crippen molar-refractivity contribution in [2.45, 2.75) is 13.0 Å². The summed E-state index contributed by atoms with van der Waals surface area (Å²) in [6.07, 6.45) is 0.881. The van der Waals surface area contributed by atoms with Gasteiger partial charge in [-0.05, 0) is 35.7 Å². The van der Waals surface area contributed by atoms with Crippen LogP contribution < -0.4 is 5.73 Å². The van der Waals surface area contributed by atoms with Gasteiger partial charge in [0.05, 0.1) is 0 Å². The maximum absolute atomic E-state index is 12.5. The molecule has 3 nitrogen and oxygen atoms in total. The smallest absolute Gasteiger partial charge is 0.254 e. The predicted molar refractivity (Wildman–Crippen MR) is 83.4 cm³/mol. The van der Waals surface area contributed by atoms with E-state index in [9.17, 15) is 4.79 Å². The molecule has 1 amide bonds. The summed E-state index contributed by atoms with van der Waals surface area (Å²) in [6.45, 7) is 1.37. The molecule has 2 aromatic carbocycles. The molecule has 2 N–H and O–H groups in total. The standard InChI is InChI=1S/C16H15BrN2O/c17-15-4-2-1-3-12(15)10-19-8-7-11-5-6-13(18)9-14(11)16(19)20/h1-6,9H,7-8,10,18H2. The topological polar surface area (TPSA) is 46.3 Å². The molecule has 1 heterocycles. The highest BCUT2D eigenvalue weighted by molar-refractivity contribution is 9.10. The molecule has 0 unspecified atom stereocenters. The first-order valence-electron chi connectivity index (χ1n) is 6.56. The van der Waals surface area contributed by atoms with E-state index in [1.807, 2.05) is 41.3 Å². The quantitative estimate of drug-likeness (QED) is 0.859. The average molecular weight is 331 g/mol. The van der Waals surface area contributed by atoms with Crippen molar-refractivity contribution in [3.8, 4) is 0 Å². The molecule has 1 aliphatic heterocycles. The van der Waals surface area contributed by atoms with Gasteiger partial charge in [0.1, 0.15) is 0 Å². The summed E-state index contributed by atoms with van der Waals surface area (Å²) in [6, 6.07) is 13.6. The lowest BCUT2D eigenvalue weighted by molar-refractivity contribution is 0.0727. The Hall–Kier alpha value is -1.81. The third kappa shape index (κ3) is 2.43. The van der Waals surface area contributed by atoms with Crippen LogP contribution in [0.15, 0.2) is 46.9 Å². The zero-order valence-electron chi connectivity index (χ0n) is 11.0. The van der Waals surface area contributed by atoms with E-state index < -0.39 is 0 Å². The van der Waals surface area contributed by atoms with E-state index in [1.165, 1.54) is 0 Å². The largest absolute Gasteiger partial charge is 0.399 e. The van der Waals surface area contributed by atoms with Crippen molar-refractivity contribution in [3.63, 3.8) is 0 Å². The number of hydrogen-bond donors (Lipinski definition) is 1. The molecule has 0 aromatic heterocycles. The normalized spacial score (nSPS) is 14.2. The van der Waals surface area contributed by atoms with Gasteiger partial charge in [-0.25, -0.2) is 0 Å². The zero-order chi connectivity index (χ0) is 14.1. The van der Waals surface area contributed by atoms with Gasteiger partial charge in [-0.1, -0.05) is 40.2 Å². The predicted octanol–water partition coefficient (Wildman–Crippen LogP) is 3.23. The number of fused-ring (bicyclic) bond motifs is 1. The molecule has 0 saturated heterocycles. The first-order valence-corrected chi connectivity index (χ1v) is 7.35. The number of nitrogens with zero attached hydrogens (tertiary/aromatic N) is 1. The molecule has 0 fully saturated rings. The molecule has 3 rings (SSSR count). The van der Waals surface area contributed by atoms with Crippen molar-refractivity contribution in [3.05, 3.63) is 63.6 Å². The van der Waals surface area contributed by atoms with Crippen LogP contribution in [-0.4, -0.2) is 17.4 Å². The van der Waals surface area contributed by atoms with Gasteiger partial charge in [0.25, 0.3) is 5.91 Å². The van der Waals surface area contributed by atoms with Gasteiger partial charge in [-0.15, -0.1) is 0 Å². The van der Waals surface area contributed by atoms with Crippen LogP contribution >= 0.6 is 15.9 Å². The first-order chi connectivity index (χ1) is 9.65. The molecule has 0 radical (unpaired) electrons. The van der Waals surface area contributed by atoms with Crippen LogP contribution in [0.4, 0.5) is 5.69 Å². The van der Waals surface area contributed by atoms with Crippen molar-refractivity contribution >= 4 is 27.5 Å². The summed E-state index contributed by atoms with van der Waals surface area (Å²) < 4.78 is 1.03. The van der Waals surface area contributed by atoms with E-state index in [0.29, 0.717) is 12.2 Å². The van der Waals surface area contributed by atoms with Crippen LogP contribution in [0.5, 0.6) is 0 Å².